The van der Waals surface area contributed by atoms with Gasteiger partial charge < -0.3 is 10.4 Å². The van der Waals surface area contributed by atoms with Gasteiger partial charge in [0.05, 0.1) is 17.8 Å². The van der Waals surface area contributed by atoms with Crippen molar-refractivity contribution >= 4 is 16.8 Å². The number of benzene rings is 1. The second-order valence-electron chi connectivity index (χ2n) is 4.87. The lowest BCUT2D eigenvalue weighted by Crippen LogP contribution is -2.38. The molecule has 2 aromatic rings. The van der Waals surface area contributed by atoms with Crippen molar-refractivity contribution in [2.24, 2.45) is 5.92 Å². The molecule has 3 rings (SSSR count). The zero-order chi connectivity index (χ0) is 12.5. The van der Waals surface area contributed by atoms with E-state index in [4.69, 9.17) is 0 Å². The normalized spacial score (nSPS) is 22.7. The SMILES string of the molecule is O=C(NCC1CC(O)C1)c1ccc2cn[nH]c2c1. The number of aliphatic hydroxyl groups excluding tert-OH is 1. The molecule has 94 valence electrons. The van der Waals surface area contributed by atoms with E-state index in [1.54, 1.807) is 18.3 Å². The molecule has 0 unspecified atom stereocenters. The Balaban J connectivity index is 1.64. The number of hydrogen-bond acceptors (Lipinski definition) is 3. The van der Waals surface area contributed by atoms with E-state index in [0.717, 1.165) is 23.7 Å². The summed E-state index contributed by atoms with van der Waals surface area (Å²) in [5, 5.41) is 19.8. The Morgan fingerprint density at radius 1 is 1.50 bits per heavy atom. The molecular weight excluding hydrogens is 230 g/mol. The fourth-order valence-corrected chi connectivity index (χ4v) is 2.28. The van der Waals surface area contributed by atoms with Gasteiger partial charge in [-0.25, -0.2) is 0 Å². The van der Waals surface area contributed by atoms with Gasteiger partial charge in [0.25, 0.3) is 5.91 Å². The van der Waals surface area contributed by atoms with Gasteiger partial charge in [-0.1, -0.05) is 6.07 Å². The van der Waals surface area contributed by atoms with Gasteiger partial charge in [-0.3, -0.25) is 9.89 Å². The topological polar surface area (TPSA) is 78.0 Å². The number of H-pyrrole nitrogens is 1. The van der Waals surface area contributed by atoms with Gasteiger partial charge in [0.1, 0.15) is 0 Å². The first-order valence-electron chi connectivity index (χ1n) is 6.12. The molecule has 5 nitrogen and oxygen atoms in total. The van der Waals surface area contributed by atoms with Crippen LogP contribution >= 0.6 is 0 Å². The number of amides is 1. The molecule has 0 spiro atoms. The van der Waals surface area contributed by atoms with E-state index in [1.807, 2.05) is 6.07 Å². The first-order chi connectivity index (χ1) is 8.72. The van der Waals surface area contributed by atoms with Crippen molar-refractivity contribution in [2.45, 2.75) is 18.9 Å². The van der Waals surface area contributed by atoms with E-state index >= 15 is 0 Å². The molecule has 18 heavy (non-hydrogen) atoms. The molecule has 0 radical (unpaired) electrons. The zero-order valence-corrected chi connectivity index (χ0v) is 9.89. The average molecular weight is 245 g/mol. The van der Waals surface area contributed by atoms with Crippen LogP contribution in [0.2, 0.25) is 0 Å². The fourth-order valence-electron chi connectivity index (χ4n) is 2.28. The maximum Gasteiger partial charge on any atom is 0.251 e. The fraction of sp³-hybridized carbons (Fsp3) is 0.385. The summed E-state index contributed by atoms with van der Waals surface area (Å²) in [4.78, 5) is 11.9. The second kappa shape index (κ2) is 4.42. The Morgan fingerprint density at radius 2 is 2.33 bits per heavy atom. The van der Waals surface area contributed by atoms with Gasteiger partial charge >= 0.3 is 0 Å². The third-order valence-electron chi connectivity index (χ3n) is 3.47. The molecule has 1 heterocycles. The van der Waals surface area contributed by atoms with E-state index < -0.39 is 0 Å². The minimum Gasteiger partial charge on any atom is -0.393 e. The number of carbonyl (C=O) groups is 1. The summed E-state index contributed by atoms with van der Waals surface area (Å²) < 4.78 is 0. The van der Waals surface area contributed by atoms with E-state index in [-0.39, 0.29) is 12.0 Å². The lowest BCUT2D eigenvalue weighted by molar-refractivity contribution is 0.0420. The maximum absolute atomic E-state index is 11.9. The monoisotopic (exact) mass is 245 g/mol. The number of hydrogen-bond donors (Lipinski definition) is 3. The standard InChI is InChI=1S/C13H15N3O2/c17-11-3-8(4-11)6-14-13(18)9-1-2-10-7-15-16-12(10)5-9/h1-2,5,7-8,11,17H,3-4,6H2,(H,14,18)(H,15,16). The van der Waals surface area contributed by atoms with Crippen molar-refractivity contribution in [2.75, 3.05) is 6.54 Å². The number of aromatic amines is 1. The molecule has 0 saturated heterocycles. The van der Waals surface area contributed by atoms with Crippen LogP contribution in [0, 0.1) is 5.92 Å². The van der Waals surface area contributed by atoms with Crippen molar-refractivity contribution in [3.63, 3.8) is 0 Å². The molecular formula is C13H15N3O2. The Labute approximate surface area is 104 Å². The van der Waals surface area contributed by atoms with Gasteiger partial charge in [0, 0.05) is 17.5 Å². The largest absolute Gasteiger partial charge is 0.393 e. The molecule has 1 saturated carbocycles. The summed E-state index contributed by atoms with van der Waals surface area (Å²) in [6, 6.07) is 5.47. The molecule has 1 amide bonds. The van der Waals surface area contributed by atoms with Crippen LogP contribution in [0.3, 0.4) is 0 Å². The molecule has 0 bridgehead atoms. The van der Waals surface area contributed by atoms with Crippen LogP contribution in [-0.4, -0.2) is 33.9 Å². The lowest BCUT2D eigenvalue weighted by Gasteiger charge is -2.31. The zero-order valence-electron chi connectivity index (χ0n) is 9.89. The number of nitrogens with one attached hydrogen (secondary N) is 2. The number of rotatable bonds is 3. The van der Waals surface area contributed by atoms with Crippen LogP contribution in [-0.2, 0) is 0 Å². The van der Waals surface area contributed by atoms with E-state index in [9.17, 15) is 9.90 Å². The Morgan fingerprint density at radius 3 is 3.11 bits per heavy atom. The summed E-state index contributed by atoms with van der Waals surface area (Å²) in [6.45, 7) is 0.636. The van der Waals surface area contributed by atoms with E-state index in [1.165, 1.54) is 0 Å². The van der Waals surface area contributed by atoms with Crippen molar-refractivity contribution in [3.05, 3.63) is 30.0 Å². The first kappa shape index (κ1) is 11.2. The number of nitrogens with zero attached hydrogens (tertiary/aromatic N) is 1. The van der Waals surface area contributed by atoms with Crippen LogP contribution < -0.4 is 5.32 Å². The average Bonchev–Trinajstić information content (AvgIpc) is 2.79. The number of fused-ring (bicyclic) bond motifs is 1. The lowest BCUT2D eigenvalue weighted by atomic mass is 9.82. The van der Waals surface area contributed by atoms with Gasteiger partial charge in [-0.05, 0) is 30.9 Å². The summed E-state index contributed by atoms with van der Waals surface area (Å²) in [5.41, 5.74) is 1.49. The van der Waals surface area contributed by atoms with Crippen LogP contribution in [0.1, 0.15) is 23.2 Å². The highest BCUT2D eigenvalue weighted by molar-refractivity contribution is 5.97. The van der Waals surface area contributed by atoms with Crippen molar-refractivity contribution in [1.82, 2.24) is 15.5 Å². The smallest absolute Gasteiger partial charge is 0.251 e. The van der Waals surface area contributed by atoms with Crippen LogP contribution in [0.5, 0.6) is 0 Å². The summed E-state index contributed by atoms with van der Waals surface area (Å²) in [6.07, 6.45) is 3.14. The third-order valence-corrected chi connectivity index (χ3v) is 3.47. The Kier molecular flexibility index (Phi) is 2.76. The minimum atomic E-state index is -0.173. The molecule has 1 aliphatic carbocycles. The summed E-state index contributed by atoms with van der Waals surface area (Å²) in [5.74, 6) is 0.340. The van der Waals surface area contributed by atoms with Crippen molar-refractivity contribution < 1.29 is 9.90 Å². The highest BCUT2D eigenvalue weighted by Crippen LogP contribution is 2.26. The molecule has 5 heteroatoms. The van der Waals surface area contributed by atoms with E-state index in [0.29, 0.717) is 18.0 Å². The summed E-state index contributed by atoms with van der Waals surface area (Å²) in [7, 11) is 0. The molecule has 1 aliphatic rings. The highest BCUT2D eigenvalue weighted by Gasteiger charge is 2.27. The third kappa shape index (κ3) is 2.09. The van der Waals surface area contributed by atoms with Gasteiger partial charge in [-0.15, -0.1) is 0 Å². The highest BCUT2D eigenvalue weighted by atomic mass is 16.3. The number of aliphatic hydroxyl groups is 1. The molecule has 3 N–H and O–H groups in total. The van der Waals surface area contributed by atoms with E-state index in [2.05, 4.69) is 15.5 Å². The van der Waals surface area contributed by atoms with Crippen molar-refractivity contribution in [3.8, 4) is 0 Å². The Hall–Kier alpha value is -1.88. The second-order valence-corrected chi connectivity index (χ2v) is 4.87. The Bertz CT molecular complexity index is 572. The summed E-state index contributed by atoms with van der Waals surface area (Å²) >= 11 is 0. The minimum absolute atomic E-state index is 0.0760. The van der Waals surface area contributed by atoms with Crippen molar-refractivity contribution in [1.29, 1.82) is 0 Å². The van der Waals surface area contributed by atoms with Crippen LogP contribution in [0.15, 0.2) is 24.4 Å². The molecule has 0 atom stereocenters. The molecule has 1 aromatic carbocycles. The van der Waals surface area contributed by atoms with Gasteiger partial charge in [0.2, 0.25) is 0 Å². The van der Waals surface area contributed by atoms with Gasteiger partial charge in [0.15, 0.2) is 0 Å². The first-order valence-corrected chi connectivity index (χ1v) is 6.12. The van der Waals surface area contributed by atoms with Crippen LogP contribution in [0.4, 0.5) is 0 Å². The van der Waals surface area contributed by atoms with Gasteiger partial charge in [-0.2, -0.15) is 5.10 Å². The quantitative estimate of drug-likeness (QED) is 0.756. The molecule has 0 aliphatic heterocycles. The number of aromatic nitrogens is 2. The number of carbonyl (C=O) groups excluding carboxylic acids is 1. The predicted molar refractivity (Wildman–Crippen MR) is 67.2 cm³/mol. The molecule has 1 fully saturated rings. The predicted octanol–water partition coefficient (Wildman–Crippen LogP) is 1.06. The maximum atomic E-state index is 11.9. The molecule has 1 aromatic heterocycles. The van der Waals surface area contributed by atoms with Crippen LogP contribution in [0.25, 0.3) is 10.9 Å².